The summed E-state index contributed by atoms with van der Waals surface area (Å²) in [5.41, 5.74) is 12.4. The number of aliphatic hydroxyl groups excluding tert-OH is 1. The quantitative estimate of drug-likeness (QED) is 0.0157. The lowest BCUT2D eigenvalue weighted by Crippen LogP contribution is -2.68. The molecule has 13 atom stereocenters. The van der Waals surface area contributed by atoms with Gasteiger partial charge in [-0.05, 0) is 99.5 Å². The Kier molecular flexibility index (Phi) is 39.5. The fourth-order valence-corrected chi connectivity index (χ4v) is 23.4. The van der Waals surface area contributed by atoms with E-state index in [9.17, 15) is 62.6 Å². The summed E-state index contributed by atoms with van der Waals surface area (Å²) < 4.78 is 91.5. The summed E-state index contributed by atoms with van der Waals surface area (Å²) in [5.74, 6) is -1.66. The van der Waals surface area contributed by atoms with Crippen LogP contribution in [-0.2, 0) is 64.7 Å². The molecule has 0 bridgehead atoms. The van der Waals surface area contributed by atoms with Crippen molar-refractivity contribution >= 4 is 60.4 Å². The highest BCUT2D eigenvalue weighted by molar-refractivity contribution is 7.47. The number of benzene rings is 2. The standard InChI is InChI=1S/C70H105N13O23P2Si2.2C6H15N/c1-45-38-82(67(92)75-63(45)89)58-36-50(53(99-58)44-98-107(94,95)104-61-52(43-84)100-65(81-27-25-57(88)74-66(81)91)62(61)106-109(9,10)69(3,4)5)103-108(96,97)102-49(24-18-13-19-26-77-28-30-78(40-54(71)85)32-34-80(42-56(73)87)35-33-79(31-29-77)41-55(72)86)60-51(37-59(101-60)83-39-46(2)64(90)76-68(83)93)105-110(70(6,7)8,47-20-14-11-15-21-47)48-22-16-12-17-23-48;2*1-4-7(5-2)6-3/h11-18,20-23,25,27,38-39,49-53,58-62,65,84H,19,24,26,28-37,40-44H2,1-10H3,(H2,71,85)(H2,72,86)(H2,73,87)(H,94,95)(H,96,97)(H,74,88,91)(H,75,89,92)(H,76,90,93);2*4-6H2,1-3H3/b18-13+;;/t49-,50-,51-,52+,53+,58+,59+,60+,61+,62+,65+;;/m0../s1. The number of aromatic nitrogens is 6. The number of aromatic amines is 3. The van der Waals surface area contributed by atoms with Crippen molar-refractivity contribution in [3.05, 3.63) is 171 Å². The summed E-state index contributed by atoms with van der Waals surface area (Å²) in [6, 6.07) is 20.2. The molecule has 0 saturated carbocycles. The fourth-order valence-electron chi connectivity index (χ4n) is 15.2. The van der Waals surface area contributed by atoms with Gasteiger partial charge in [-0.3, -0.25) is 90.2 Å². The largest absolute Gasteiger partial charge is 0.472 e. The van der Waals surface area contributed by atoms with E-state index in [4.69, 9.17) is 58.4 Å². The van der Waals surface area contributed by atoms with Crippen LogP contribution in [0.15, 0.2) is 126 Å². The minimum atomic E-state index is -5.64. The van der Waals surface area contributed by atoms with E-state index in [-0.39, 0.29) is 43.6 Å². The lowest BCUT2D eigenvalue weighted by Gasteiger charge is -2.45. The molecule has 9 rings (SSSR count). The molecule has 4 aliphatic rings. The Labute approximate surface area is 727 Å². The maximum Gasteiger partial charge on any atom is 0.472 e. The van der Waals surface area contributed by atoms with Crippen LogP contribution in [0, 0.1) is 13.8 Å². The van der Waals surface area contributed by atoms with Gasteiger partial charge in [-0.15, -0.1) is 0 Å². The van der Waals surface area contributed by atoms with Gasteiger partial charge in [0.1, 0.15) is 55.2 Å². The molecule has 4 fully saturated rings. The maximum absolute atomic E-state index is 15.6. The smallest absolute Gasteiger partial charge is 0.407 e. The lowest BCUT2D eigenvalue weighted by molar-refractivity contribution is -0.121. The van der Waals surface area contributed by atoms with Gasteiger partial charge in [-0.1, -0.05) is 156 Å². The number of phosphoric ester groups is 2. The van der Waals surface area contributed by atoms with Crippen LogP contribution >= 0.6 is 15.6 Å². The Bertz CT molecular complexity index is 4660. The molecule has 0 spiro atoms. The third kappa shape index (κ3) is 29.4. The molecule has 42 heteroatoms. The normalized spacial score (nSPS) is 23.2. The Morgan fingerprint density at radius 3 is 1.43 bits per heavy atom. The summed E-state index contributed by atoms with van der Waals surface area (Å²) in [4.78, 5) is 159. The first-order valence-corrected chi connectivity index (χ1v) is 50.4. The first-order chi connectivity index (χ1) is 58.4. The number of ether oxygens (including phenoxy) is 3. The number of nitrogens with zero attached hydrogens (tertiary/aromatic N) is 9. The number of nitrogens with one attached hydrogen (secondary N) is 3. The molecule has 2 unspecified atom stereocenters. The molecule has 0 aliphatic carbocycles. The minimum absolute atomic E-state index is 0.0528. The van der Waals surface area contributed by atoms with Crippen LogP contribution in [0.5, 0.6) is 0 Å². The van der Waals surface area contributed by atoms with Crippen LogP contribution in [0.2, 0.25) is 23.2 Å². The zero-order chi connectivity index (χ0) is 91.8. The molecule has 4 saturated heterocycles. The van der Waals surface area contributed by atoms with E-state index < -0.39 is 181 Å². The van der Waals surface area contributed by atoms with Crippen LogP contribution < -0.4 is 61.3 Å². The minimum Gasteiger partial charge on any atom is -0.407 e. The van der Waals surface area contributed by atoms with Gasteiger partial charge in [-0.2, -0.15) is 0 Å². The van der Waals surface area contributed by atoms with Gasteiger partial charge in [0.2, 0.25) is 17.7 Å². The van der Waals surface area contributed by atoms with Crippen molar-refractivity contribution in [2.75, 3.05) is 131 Å². The zero-order valence-electron chi connectivity index (χ0n) is 74.7. The van der Waals surface area contributed by atoms with E-state index >= 15 is 4.57 Å². The summed E-state index contributed by atoms with van der Waals surface area (Å²) in [7, 11) is -17.7. The van der Waals surface area contributed by atoms with E-state index in [1.807, 2.05) is 136 Å². The first-order valence-electron chi connectivity index (χ1n) is 42.5. The van der Waals surface area contributed by atoms with Crippen molar-refractivity contribution in [1.29, 1.82) is 0 Å². The Morgan fingerprint density at radius 2 is 1.01 bits per heavy atom. The fraction of sp³-hybridized carbons (Fsp3) is 0.646. The maximum atomic E-state index is 15.6. The first kappa shape index (κ1) is 104. The van der Waals surface area contributed by atoms with E-state index in [0.717, 1.165) is 31.8 Å². The molecule has 124 heavy (non-hydrogen) atoms. The molecule has 12 N–H and O–H groups in total. The predicted molar refractivity (Wildman–Crippen MR) is 475 cm³/mol. The number of phosphoric acid groups is 2. The number of hydrogen-bond donors (Lipinski definition) is 9. The van der Waals surface area contributed by atoms with Crippen molar-refractivity contribution in [2.24, 2.45) is 17.2 Å². The number of nitrogens with two attached hydrogens (primary N) is 3. The highest BCUT2D eigenvalue weighted by atomic mass is 31.2. The van der Waals surface area contributed by atoms with Crippen molar-refractivity contribution in [3.63, 3.8) is 0 Å². The van der Waals surface area contributed by atoms with E-state index in [0.29, 0.717) is 65.3 Å². The molecule has 38 nitrogen and oxygen atoms in total. The summed E-state index contributed by atoms with van der Waals surface area (Å²) >= 11 is 0. The van der Waals surface area contributed by atoms with E-state index in [1.54, 1.807) is 6.08 Å². The molecule has 3 aromatic heterocycles. The predicted octanol–water partition coefficient (Wildman–Crippen LogP) is 3.14. The van der Waals surface area contributed by atoms with E-state index in [2.05, 4.69) is 71.2 Å². The number of amides is 3. The van der Waals surface area contributed by atoms with Crippen LogP contribution in [0.1, 0.15) is 139 Å². The number of carbonyl (C=O) groups is 3. The average Bonchev–Trinajstić information content (AvgIpc) is 0.877. The SMILES string of the molecule is CCN(CC)CC.CCN(CC)CC.Cc1cn([C@H]2C[C@H](O[Si](c3ccccc3)(c3ccccc3)C(C)(C)C)[C@@H]([C@H](C/C=C/CCN3CCN(CC(N)=O)CCN(CC(N)=O)CCN(CC(N)=O)CC3)OP(=O)(O)O[C@H]3C[C@H](n4cc(C)c(=O)[nH]c4=O)O[C@@H]3COP(=O)(O)O[C@H]3[C@@H](O[Si](C)(C)C(C)(C)C)[C@H](n4ccc(=O)[nH]c4=O)O[C@@H]3CO)O2)c(=O)[nH]c1=O. The van der Waals surface area contributed by atoms with Gasteiger partial charge in [0.15, 0.2) is 14.5 Å². The van der Waals surface area contributed by atoms with Gasteiger partial charge in [0, 0.05) is 108 Å². The molecule has 3 amide bonds. The highest BCUT2D eigenvalue weighted by Crippen LogP contribution is 2.55. The van der Waals surface area contributed by atoms with Crippen LogP contribution in [0.3, 0.4) is 0 Å². The van der Waals surface area contributed by atoms with Gasteiger partial charge in [-0.25, -0.2) is 23.5 Å². The molecule has 7 heterocycles. The Balaban J connectivity index is 0.00000139. The van der Waals surface area contributed by atoms with Crippen molar-refractivity contribution in [2.45, 2.75) is 213 Å². The monoisotopic (exact) mass is 1820 g/mol. The van der Waals surface area contributed by atoms with E-state index in [1.165, 1.54) is 70.1 Å². The highest BCUT2D eigenvalue weighted by Gasteiger charge is 2.58. The second-order valence-corrected chi connectivity index (χ2v) is 45.7. The molecule has 694 valence electrons. The molecule has 0 radical (unpaired) electrons. The van der Waals surface area contributed by atoms with Crippen LogP contribution in [0.25, 0.3) is 0 Å². The number of aliphatic hydroxyl groups is 1. The summed E-state index contributed by atoms with van der Waals surface area (Å²) in [5, 5.41) is 11.2. The Hall–Kier alpha value is -7.20. The van der Waals surface area contributed by atoms with Crippen molar-refractivity contribution < 1.29 is 79.6 Å². The average molecular weight is 1820 g/mol. The molecule has 5 aromatic rings. The molecule has 4 aliphatic heterocycles. The second-order valence-electron chi connectivity index (χ2n) is 33.9. The van der Waals surface area contributed by atoms with Crippen molar-refractivity contribution in [3.8, 4) is 0 Å². The van der Waals surface area contributed by atoms with Gasteiger partial charge >= 0.3 is 32.7 Å². The molecular formula is C82H135N15O23P2Si2. The van der Waals surface area contributed by atoms with Crippen LogP contribution in [0.4, 0.5) is 0 Å². The van der Waals surface area contributed by atoms with Crippen molar-refractivity contribution in [1.82, 2.24) is 58.1 Å². The summed E-state index contributed by atoms with van der Waals surface area (Å²) in [6.07, 6.45) is -9.44. The third-order valence-electron chi connectivity index (χ3n) is 23.2. The number of hydrogen-bond acceptors (Lipinski definition) is 27. The number of H-pyrrole nitrogens is 3. The number of aryl methyl sites for hydroxylation is 2. The van der Waals surface area contributed by atoms with Gasteiger partial charge < -0.3 is 69.9 Å². The number of primary amides is 3. The number of rotatable bonds is 37. The lowest BCUT2D eigenvalue weighted by atomic mass is 10.0. The van der Waals surface area contributed by atoms with Crippen LogP contribution in [-0.4, -0.2) is 287 Å². The Morgan fingerprint density at radius 1 is 0.565 bits per heavy atom. The molecular weight excluding hydrogens is 1680 g/mol. The zero-order valence-corrected chi connectivity index (χ0v) is 78.5. The summed E-state index contributed by atoms with van der Waals surface area (Å²) in [6.45, 7) is 40.0. The second kappa shape index (κ2) is 47.2. The van der Waals surface area contributed by atoms with Gasteiger partial charge in [0.05, 0.1) is 39.0 Å². The van der Waals surface area contributed by atoms with Gasteiger partial charge in [0.25, 0.3) is 25.0 Å². The number of carbonyl (C=O) groups excluding carboxylic acids is 3. The topological polar surface area (TPSA) is 491 Å². The third-order valence-corrected chi connectivity index (χ3v) is 34.8. The molecule has 2 aromatic carbocycles.